The molecule has 1 saturated heterocycles. The summed E-state index contributed by atoms with van der Waals surface area (Å²) in [4.78, 5) is 2.21. The largest absolute Gasteiger partial charge is 0.493 e. The van der Waals surface area contributed by atoms with Crippen LogP contribution in [0.4, 0.5) is 0 Å². The van der Waals surface area contributed by atoms with Crippen molar-refractivity contribution in [1.29, 1.82) is 0 Å². The van der Waals surface area contributed by atoms with Crippen molar-refractivity contribution in [3.8, 4) is 5.75 Å². The van der Waals surface area contributed by atoms with Gasteiger partial charge in [0.2, 0.25) is 0 Å². The number of halogens is 1. The molecule has 20 heavy (non-hydrogen) atoms. The van der Waals surface area contributed by atoms with Gasteiger partial charge in [-0.15, -0.1) is 0 Å². The van der Waals surface area contributed by atoms with E-state index in [1.54, 1.807) is 0 Å². The first-order chi connectivity index (χ1) is 9.69. The quantitative estimate of drug-likeness (QED) is 0.387. The van der Waals surface area contributed by atoms with E-state index in [2.05, 4.69) is 10.1 Å². The van der Waals surface area contributed by atoms with Crippen molar-refractivity contribution in [3.05, 3.63) is 28.3 Å². The smallest absolute Gasteiger partial charge is 0.156 e. The van der Waals surface area contributed by atoms with Gasteiger partial charge in [-0.05, 0) is 37.1 Å². The summed E-state index contributed by atoms with van der Waals surface area (Å²) < 4.78 is 5.72. The molecule has 1 unspecified atom stereocenters. The van der Waals surface area contributed by atoms with Crippen LogP contribution in [0.1, 0.15) is 24.0 Å². The molecule has 0 amide bonds. The predicted octanol–water partition coefficient (Wildman–Crippen LogP) is 1.99. The summed E-state index contributed by atoms with van der Waals surface area (Å²) in [5.41, 5.74) is 8.02. The van der Waals surface area contributed by atoms with E-state index in [-0.39, 0.29) is 11.9 Å². The third kappa shape index (κ3) is 2.43. The summed E-state index contributed by atoms with van der Waals surface area (Å²) in [6.45, 7) is 2.36. The maximum Gasteiger partial charge on any atom is 0.156 e. The minimum atomic E-state index is -0.00367. The monoisotopic (exact) mass is 295 g/mol. The molecule has 2 aliphatic heterocycles. The number of ether oxygens (including phenoxy) is 1. The number of nitrogens with zero attached hydrogens (tertiary/aromatic N) is 2. The standard InChI is InChI=1S/C14H18ClN3O2/c15-11-6-9-3-5-20-13(9)10(7-11)8-18-4-1-2-12(18)14(16)17-19/h6-7,12,19H,1-5,8H2,(H2,16,17). The highest BCUT2D eigenvalue weighted by atomic mass is 35.5. The summed E-state index contributed by atoms with van der Waals surface area (Å²) in [6.07, 6.45) is 2.87. The highest BCUT2D eigenvalue weighted by Crippen LogP contribution is 2.34. The first-order valence-electron chi connectivity index (χ1n) is 6.84. The van der Waals surface area contributed by atoms with Gasteiger partial charge in [-0.1, -0.05) is 16.8 Å². The summed E-state index contributed by atoms with van der Waals surface area (Å²) in [7, 11) is 0. The van der Waals surface area contributed by atoms with Crippen molar-refractivity contribution in [1.82, 2.24) is 4.90 Å². The van der Waals surface area contributed by atoms with Gasteiger partial charge in [0, 0.05) is 23.6 Å². The normalized spacial score (nSPS) is 22.9. The lowest BCUT2D eigenvalue weighted by Crippen LogP contribution is -2.40. The maximum absolute atomic E-state index is 8.87. The number of hydrogen-bond donors (Lipinski definition) is 2. The van der Waals surface area contributed by atoms with Gasteiger partial charge in [0.25, 0.3) is 0 Å². The van der Waals surface area contributed by atoms with Crippen LogP contribution in [0.25, 0.3) is 0 Å². The molecule has 108 valence electrons. The van der Waals surface area contributed by atoms with Crippen LogP contribution in [0, 0.1) is 0 Å². The third-order valence-corrected chi connectivity index (χ3v) is 4.24. The highest BCUT2D eigenvalue weighted by molar-refractivity contribution is 6.30. The number of nitrogens with two attached hydrogens (primary N) is 1. The first-order valence-corrected chi connectivity index (χ1v) is 7.22. The van der Waals surface area contributed by atoms with Crippen LogP contribution in [0.15, 0.2) is 17.3 Å². The summed E-state index contributed by atoms with van der Waals surface area (Å²) >= 11 is 6.18. The van der Waals surface area contributed by atoms with Crippen LogP contribution in [-0.2, 0) is 13.0 Å². The van der Waals surface area contributed by atoms with E-state index in [1.807, 2.05) is 12.1 Å². The molecule has 0 radical (unpaired) electrons. The second kappa shape index (κ2) is 5.50. The Morgan fingerprint density at radius 1 is 1.55 bits per heavy atom. The number of likely N-dealkylation sites (tertiary alicyclic amines) is 1. The van der Waals surface area contributed by atoms with E-state index in [4.69, 9.17) is 27.3 Å². The van der Waals surface area contributed by atoms with Crippen LogP contribution in [-0.4, -0.2) is 35.1 Å². The molecule has 0 aromatic heterocycles. The topological polar surface area (TPSA) is 71.1 Å². The van der Waals surface area contributed by atoms with Crippen molar-refractivity contribution in [2.75, 3.05) is 13.2 Å². The Morgan fingerprint density at radius 2 is 2.40 bits per heavy atom. The first kappa shape index (κ1) is 13.5. The molecule has 0 saturated carbocycles. The van der Waals surface area contributed by atoms with Crippen molar-refractivity contribution in [2.45, 2.75) is 31.8 Å². The van der Waals surface area contributed by atoms with Crippen LogP contribution in [0.2, 0.25) is 5.02 Å². The van der Waals surface area contributed by atoms with Crippen LogP contribution < -0.4 is 10.5 Å². The van der Waals surface area contributed by atoms with Crippen LogP contribution in [0.5, 0.6) is 5.75 Å². The zero-order valence-corrected chi connectivity index (χ0v) is 11.9. The van der Waals surface area contributed by atoms with Crippen LogP contribution in [0.3, 0.4) is 0 Å². The van der Waals surface area contributed by atoms with Gasteiger partial charge in [-0.2, -0.15) is 0 Å². The summed E-state index contributed by atoms with van der Waals surface area (Å²) in [6, 6.07) is 3.92. The SMILES string of the molecule is N/C(=N/O)C1CCCN1Cc1cc(Cl)cc2c1OCC2. The zero-order chi connectivity index (χ0) is 14.1. The number of hydrogen-bond acceptors (Lipinski definition) is 4. The van der Waals surface area contributed by atoms with Crippen molar-refractivity contribution in [2.24, 2.45) is 10.9 Å². The van der Waals surface area contributed by atoms with E-state index >= 15 is 0 Å². The lowest BCUT2D eigenvalue weighted by Gasteiger charge is -2.24. The molecule has 1 atom stereocenters. The predicted molar refractivity (Wildman–Crippen MR) is 77.5 cm³/mol. The average molecular weight is 296 g/mol. The Hall–Kier alpha value is -1.46. The molecule has 1 aromatic rings. The minimum Gasteiger partial charge on any atom is -0.493 e. The van der Waals surface area contributed by atoms with E-state index in [0.717, 1.165) is 42.1 Å². The molecular weight excluding hydrogens is 278 g/mol. The lowest BCUT2D eigenvalue weighted by molar-refractivity contribution is 0.269. The van der Waals surface area contributed by atoms with E-state index < -0.39 is 0 Å². The molecular formula is C14H18ClN3O2. The molecule has 0 bridgehead atoms. The van der Waals surface area contributed by atoms with Gasteiger partial charge in [-0.25, -0.2) is 0 Å². The second-order valence-electron chi connectivity index (χ2n) is 5.30. The zero-order valence-electron chi connectivity index (χ0n) is 11.2. The molecule has 3 N–H and O–H groups in total. The Morgan fingerprint density at radius 3 is 3.20 bits per heavy atom. The molecule has 6 heteroatoms. The van der Waals surface area contributed by atoms with Gasteiger partial charge >= 0.3 is 0 Å². The Labute approximate surface area is 122 Å². The number of amidine groups is 1. The molecule has 0 spiro atoms. The van der Waals surface area contributed by atoms with Crippen LogP contribution >= 0.6 is 11.6 Å². The molecule has 1 fully saturated rings. The Bertz CT molecular complexity index is 547. The lowest BCUT2D eigenvalue weighted by atomic mass is 10.1. The number of rotatable bonds is 3. The fraction of sp³-hybridized carbons (Fsp3) is 0.500. The second-order valence-corrected chi connectivity index (χ2v) is 5.74. The Kier molecular flexibility index (Phi) is 3.72. The summed E-state index contributed by atoms with van der Waals surface area (Å²) in [5, 5.41) is 12.8. The average Bonchev–Trinajstić information content (AvgIpc) is 3.06. The van der Waals surface area contributed by atoms with E-state index in [9.17, 15) is 0 Å². The highest BCUT2D eigenvalue weighted by Gasteiger charge is 2.29. The molecule has 2 heterocycles. The van der Waals surface area contributed by atoms with E-state index in [0.29, 0.717) is 13.2 Å². The molecule has 0 aliphatic carbocycles. The van der Waals surface area contributed by atoms with Crippen molar-refractivity contribution in [3.63, 3.8) is 0 Å². The molecule has 2 aliphatic rings. The third-order valence-electron chi connectivity index (χ3n) is 4.02. The molecule has 5 nitrogen and oxygen atoms in total. The Balaban J connectivity index is 1.85. The van der Waals surface area contributed by atoms with Gasteiger partial charge in [-0.3, -0.25) is 4.90 Å². The number of fused-ring (bicyclic) bond motifs is 1. The molecule has 3 rings (SSSR count). The van der Waals surface area contributed by atoms with Gasteiger partial charge in [0.1, 0.15) is 5.75 Å². The van der Waals surface area contributed by atoms with E-state index in [1.165, 1.54) is 5.56 Å². The summed E-state index contributed by atoms with van der Waals surface area (Å²) in [5.74, 6) is 1.24. The van der Waals surface area contributed by atoms with Gasteiger partial charge in [0.05, 0.1) is 12.6 Å². The van der Waals surface area contributed by atoms with Crippen molar-refractivity contribution >= 4 is 17.4 Å². The fourth-order valence-electron chi connectivity index (χ4n) is 3.10. The minimum absolute atomic E-state index is 0.00367. The van der Waals surface area contributed by atoms with Gasteiger partial charge < -0.3 is 15.7 Å². The van der Waals surface area contributed by atoms with Gasteiger partial charge in [0.15, 0.2) is 5.84 Å². The molecule has 1 aromatic carbocycles. The van der Waals surface area contributed by atoms with Crippen molar-refractivity contribution < 1.29 is 9.94 Å². The number of oxime groups is 1. The number of benzene rings is 1. The fourth-order valence-corrected chi connectivity index (χ4v) is 3.36. The maximum atomic E-state index is 8.87.